The number of nitrogens with zero attached hydrogens (tertiary/aromatic N) is 1. The maximum Gasteiger partial charge on any atom is 0.266 e. The fourth-order valence-electron chi connectivity index (χ4n) is 2.39. The average Bonchev–Trinajstić information content (AvgIpc) is 2.58. The van der Waals surface area contributed by atoms with Gasteiger partial charge < -0.3 is 4.74 Å². The molecule has 1 aliphatic carbocycles. The van der Waals surface area contributed by atoms with Gasteiger partial charge in [-0.2, -0.15) is 0 Å². The van der Waals surface area contributed by atoms with E-state index in [1.807, 2.05) is 0 Å². The van der Waals surface area contributed by atoms with Crippen LogP contribution in [-0.2, 0) is 4.74 Å². The molecule has 2 aliphatic rings. The van der Waals surface area contributed by atoms with E-state index in [1.54, 1.807) is 0 Å². The highest BCUT2D eigenvalue weighted by molar-refractivity contribution is 6.76. The van der Waals surface area contributed by atoms with E-state index in [0.29, 0.717) is 12.5 Å². The third-order valence-corrected chi connectivity index (χ3v) is 3.83. The van der Waals surface area contributed by atoms with E-state index in [9.17, 15) is 0 Å². The van der Waals surface area contributed by atoms with Crippen molar-refractivity contribution < 1.29 is 4.74 Å². The van der Waals surface area contributed by atoms with Gasteiger partial charge in [0.15, 0.2) is 0 Å². The van der Waals surface area contributed by atoms with Crippen molar-refractivity contribution >= 4 is 40.7 Å². The van der Waals surface area contributed by atoms with Gasteiger partial charge in [-0.1, -0.05) is 48.1 Å². The van der Waals surface area contributed by atoms with Crippen molar-refractivity contribution in [1.82, 2.24) is 0 Å². The van der Waals surface area contributed by atoms with E-state index in [2.05, 4.69) is 11.9 Å². The molecule has 1 fully saturated rings. The minimum absolute atomic E-state index is 0.0741. The summed E-state index contributed by atoms with van der Waals surface area (Å²) in [6.07, 6.45) is 4.63. The van der Waals surface area contributed by atoms with Gasteiger partial charge in [-0.05, 0) is 25.2 Å². The van der Waals surface area contributed by atoms with Gasteiger partial charge in [0.1, 0.15) is 12.1 Å². The number of halogens is 3. The lowest BCUT2D eigenvalue weighted by molar-refractivity contribution is 0.0843. The SMILES string of the molecule is CCCC1CCC12COC(C(Cl)(Cl)Cl)=N2. The predicted molar refractivity (Wildman–Crippen MR) is 64.0 cm³/mol. The molecule has 2 rings (SSSR count). The van der Waals surface area contributed by atoms with E-state index >= 15 is 0 Å². The van der Waals surface area contributed by atoms with Crippen molar-refractivity contribution in [2.24, 2.45) is 10.9 Å². The minimum Gasteiger partial charge on any atom is -0.475 e. The maximum atomic E-state index is 5.75. The van der Waals surface area contributed by atoms with Crippen LogP contribution < -0.4 is 0 Å². The molecule has 0 saturated heterocycles. The van der Waals surface area contributed by atoms with Crippen LogP contribution in [0.15, 0.2) is 4.99 Å². The summed E-state index contributed by atoms with van der Waals surface area (Å²) in [5.41, 5.74) is -0.0741. The molecule has 1 aliphatic heterocycles. The third kappa shape index (κ3) is 2.09. The lowest BCUT2D eigenvalue weighted by Gasteiger charge is -2.43. The van der Waals surface area contributed by atoms with E-state index < -0.39 is 3.79 Å². The van der Waals surface area contributed by atoms with Crippen LogP contribution in [0.2, 0.25) is 0 Å². The van der Waals surface area contributed by atoms with Crippen molar-refractivity contribution in [3.8, 4) is 0 Å². The van der Waals surface area contributed by atoms with Crippen LogP contribution in [0.5, 0.6) is 0 Å². The van der Waals surface area contributed by atoms with Gasteiger partial charge in [-0.3, -0.25) is 0 Å². The first-order valence-corrected chi connectivity index (χ1v) is 6.41. The first-order valence-electron chi connectivity index (χ1n) is 5.28. The van der Waals surface area contributed by atoms with Gasteiger partial charge in [0.05, 0.1) is 0 Å². The van der Waals surface area contributed by atoms with Crippen LogP contribution in [-0.4, -0.2) is 21.8 Å². The molecule has 2 unspecified atom stereocenters. The number of hydrogen-bond donors (Lipinski definition) is 0. The molecule has 5 heteroatoms. The van der Waals surface area contributed by atoms with Gasteiger partial charge in [0.25, 0.3) is 3.79 Å². The van der Waals surface area contributed by atoms with Gasteiger partial charge in [-0.15, -0.1) is 0 Å². The van der Waals surface area contributed by atoms with Gasteiger partial charge in [0, 0.05) is 0 Å². The molecule has 0 aromatic rings. The number of rotatable bonds is 2. The minimum atomic E-state index is -1.50. The summed E-state index contributed by atoms with van der Waals surface area (Å²) in [5.74, 6) is 0.876. The van der Waals surface area contributed by atoms with Crippen molar-refractivity contribution in [2.75, 3.05) is 6.61 Å². The zero-order chi connectivity index (χ0) is 11.1. The van der Waals surface area contributed by atoms with Crippen LogP contribution in [0.25, 0.3) is 0 Å². The molecule has 0 bridgehead atoms. The zero-order valence-corrected chi connectivity index (χ0v) is 10.9. The molecule has 0 N–H and O–H groups in total. The summed E-state index contributed by atoms with van der Waals surface area (Å²) < 4.78 is 3.90. The molecular formula is C10H14Cl3NO. The molecule has 1 saturated carbocycles. The molecule has 1 heterocycles. The molecule has 0 aromatic heterocycles. The highest BCUT2D eigenvalue weighted by atomic mass is 35.6. The lowest BCUT2D eigenvalue weighted by atomic mass is 9.66. The highest BCUT2D eigenvalue weighted by Crippen LogP contribution is 2.49. The molecule has 2 atom stereocenters. The van der Waals surface area contributed by atoms with Crippen LogP contribution in [0.4, 0.5) is 0 Å². The molecule has 86 valence electrons. The second-order valence-electron chi connectivity index (χ2n) is 4.33. The van der Waals surface area contributed by atoms with Crippen LogP contribution in [0.3, 0.4) is 0 Å². The molecule has 0 aromatic carbocycles. The zero-order valence-electron chi connectivity index (χ0n) is 8.60. The molecule has 15 heavy (non-hydrogen) atoms. The second kappa shape index (κ2) is 3.97. The Bertz CT molecular complexity index is 287. The Hall–Kier alpha value is 0.340. The van der Waals surface area contributed by atoms with Gasteiger partial charge in [0.2, 0.25) is 5.90 Å². The lowest BCUT2D eigenvalue weighted by Crippen LogP contribution is -2.46. The van der Waals surface area contributed by atoms with Crippen molar-refractivity contribution in [3.05, 3.63) is 0 Å². The van der Waals surface area contributed by atoms with E-state index in [1.165, 1.54) is 19.3 Å². The maximum absolute atomic E-state index is 5.75. The Morgan fingerprint density at radius 2 is 2.27 bits per heavy atom. The summed E-state index contributed by atoms with van der Waals surface area (Å²) >= 11 is 17.2. The highest BCUT2D eigenvalue weighted by Gasteiger charge is 2.52. The molecule has 0 radical (unpaired) electrons. The third-order valence-electron chi connectivity index (χ3n) is 3.35. The Morgan fingerprint density at radius 1 is 1.53 bits per heavy atom. The monoisotopic (exact) mass is 269 g/mol. The number of aliphatic imine (C=N–C) groups is 1. The summed E-state index contributed by atoms with van der Waals surface area (Å²) in [7, 11) is 0. The molecule has 0 amide bonds. The average molecular weight is 271 g/mol. The summed E-state index contributed by atoms with van der Waals surface area (Å²) in [5, 5.41) is 0. The normalized spacial score (nSPS) is 34.9. The van der Waals surface area contributed by atoms with Crippen molar-refractivity contribution in [3.63, 3.8) is 0 Å². The number of hydrogen-bond acceptors (Lipinski definition) is 2. The Balaban J connectivity index is 2.10. The standard InChI is InChI=1S/C10H14Cl3NO/c1-2-3-7-4-5-9(7)6-15-8(14-9)10(11,12)13/h7H,2-6H2,1H3. The van der Waals surface area contributed by atoms with Crippen LogP contribution in [0, 0.1) is 5.92 Å². The van der Waals surface area contributed by atoms with E-state index in [-0.39, 0.29) is 11.4 Å². The quantitative estimate of drug-likeness (QED) is 0.701. The first-order chi connectivity index (χ1) is 6.98. The second-order valence-corrected chi connectivity index (χ2v) is 6.61. The van der Waals surface area contributed by atoms with Crippen LogP contribution >= 0.6 is 34.8 Å². The fourth-order valence-corrected chi connectivity index (χ4v) is 2.68. The summed E-state index contributed by atoms with van der Waals surface area (Å²) in [6.45, 7) is 2.77. The predicted octanol–water partition coefficient (Wildman–Crippen LogP) is 3.73. The molecule has 1 spiro atoms. The molecular weight excluding hydrogens is 256 g/mol. The largest absolute Gasteiger partial charge is 0.475 e. The Labute approximate surface area is 105 Å². The first kappa shape index (κ1) is 11.8. The topological polar surface area (TPSA) is 21.6 Å². The summed E-state index contributed by atoms with van der Waals surface area (Å²) in [6, 6.07) is 0. The van der Waals surface area contributed by atoms with Crippen molar-refractivity contribution in [1.29, 1.82) is 0 Å². The molecule has 2 nitrogen and oxygen atoms in total. The smallest absolute Gasteiger partial charge is 0.266 e. The fraction of sp³-hybridized carbons (Fsp3) is 0.900. The van der Waals surface area contributed by atoms with Gasteiger partial charge in [-0.25, -0.2) is 4.99 Å². The Kier molecular flexibility index (Phi) is 3.13. The number of ether oxygens (including phenoxy) is 1. The number of alkyl halides is 3. The van der Waals surface area contributed by atoms with E-state index in [0.717, 1.165) is 6.42 Å². The van der Waals surface area contributed by atoms with Gasteiger partial charge >= 0.3 is 0 Å². The van der Waals surface area contributed by atoms with Crippen molar-refractivity contribution in [2.45, 2.75) is 41.9 Å². The van der Waals surface area contributed by atoms with Crippen LogP contribution in [0.1, 0.15) is 32.6 Å². The summed E-state index contributed by atoms with van der Waals surface area (Å²) in [4.78, 5) is 4.50. The Morgan fingerprint density at radius 3 is 2.67 bits per heavy atom. The van der Waals surface area contributed by atoms with E-state index in [4.69, 9.17) is 39.5 Å².